The molecule has 0 aromatic rings. The average molecular weight is 301 g/mol. The molecule has 5 N–H and O–H groups in total. The van der Waals surface area contributed by atoms with Crippen molar-refractivity contribution >= 4 is 17.8 Å². The van der Waals surface area contributed by atoms with Crippen LogP contribution in [0.3, 0.4) is 0 Å². The van der Waals surface area contributed by atoms with Crippen molar-refractivity contribution in [1.29, 1.82) is 0 Å². The van der Waals surface area contributed by atoms with Gasteiger partial charge in [0, 0.05) is 6.54 Å². The summed E-state index contributed by atoms with van der Waals surface area (Å²) in [6.07, 6.45) is 0.841. The summed E-state index contributed by atoms with van der Waals surface area (Å²) in [5, 5.41) is 14.2. The van der Waals surface area contributed by atoms with Crippen LogP contribution in [0.5, 0.6) is 0 Å². The maximum atomic E-state index is 11.7. The Bertz CT molecular complexity index is 378. The van der Waals surface area contributed by atoms with Gasteiger partial charge in [0.2, 0.25) is 11.8 Å². The Labute approximate surface area is 125 Å². The number of hydrogen-bond donors (Lipinski definition) is 4. The molecule has 0 radical (unpaired) electrons. The molecule has 122 valence electrons. The van der Waals surface area contributed by atoms with Crippen molar-refractivity contribution < 1.29 is 19.5 Å². The van der Waals surface area contributed by atoms with E-state index in [1.54, 1.807) is 13.8 Å². The third-order valence-electron chi connectivity index (χ3n) is 3.88. The van der Waals surface area contributed by atoms with E-state index in [4.69, 9.17) is 5.73 Å². The van der Waals surface area contributed by atoms with E-state index in [1.165, 1.54) is 0 Å². The van der Waals surface area contributed by atoms with Crippen LogP contribution in [0.15, 0.2) is 0 Å². The van der Waals surface area contributed by atoms with Gasteiger partial charge in [-0.25, -0.2) is 0 Å². The molecule has 0 aliphatic rings. The molecule has 0 saturated carbocycles. The second kappa shape index (κ2) is 8.61. The Morgan fingerprint density at radius 2 is 1.67 bits per heavy atom. The Morgan fingerprint density at radius 1 is 1.14 bits per heavy atom. The summed E-state index contributed by atoms with van der Waals surface area (Å²) in [6, 6.07) is -0.665. The molecular weight excluding hydrogens is 274 g/mol. The first kappa shape index (κ1) is 19.4. The SMILES string of the molecule is CCC(CC)(CNC(=O)CNC(=O)[C@@H](N)C(C)C)C(=O)O. The molecule has 21 heavy (non-hydrogen) atoms. The van der Waals surface area contributed by atoms with Crippen molar-refractivity contribution in [1.82, 2.24) is 10.6 Å². The van der Waals surface area contributed by atoms with E-state index in [2.05, 4.69) is 10.6 Å². The molecule has 7 nitrogen and oxygen atoms in total. The first-order valence-electron chi connectivity index (χ1n) is 7.23. The van der Waals surface area contributed by atoms with Crippen LogP contribution in [0, 0.1) is 11.3 Å². The first-order valence-corrected chi connectivity index (χ1v) is 7.23. The molecule has 1 atom stereocenters. The number of carboxylic acids is 1. The summed E-state index contributed by atoms with van der Waals surface area (Å²) in [6.45, 7) is 7.01. The van der Waals surface area contributed by atoms with Crippen LogP contribution >= 0.6 is 0 Å². The number of nitrogens with one attached hydrogen (secondary N) is 2. The highest BCUT2D eigenvalue weighted by Crippen LogP contribution is 2.25. The molecule has 0 fully saturated rings. The Hall–Kier alpha value is -1.63. The van der Waals surface area contributed by atoms with Crippen molar-refractivity contribution in [3.05, 3.63) is 0 Å². The molecule has 0 bridgehead atoms. The predicted octanol–water partition coefficient (Wildman–Crippen LogP) is 0.0931. The predicted molar refractivity (Wildman–Crippen MR) is 79.5 cm³/mol. The second-order valence-electron chi connectivity index (χ2n) is 5.56. The van der Waals surface area contributed by atoms with E-state index < -0.39 is 29.2 Å². The highest BCUT2D eigenvalue weighted by Gasteiger charge is 2.35. The summed E-state index contributed by atoms with van der Waals surface area (Å²) in [5.74, 6) is -1.77. The van der Waals surface area contributed by atoms with Crippen molar-refractivity contribution in [2.24, 2.45) is 17.1 Å². The van der Waals surface area contributed by atoms with E-state index in [9.17, 15) is 19.5 Å². The van der Waals surface area contributed by atoms with Crippen LogP contribution in [0.25, 0.3) is 0 Å². The number of amides is 2. The molecule has 0 spiro atoms. The average Bonchev–Trinajstić information content (AvgIpc) is 2.44. The fourth-order valence-corrected chi connectivity index (χ4v) is 1.80. The van der Waals surface area contributed by atoms with Gasteiger partial charge in [0.25, 0.3) is 0 Å². The lowest BCUT2D eigenvalue weighted by molar-refractivity contribution is -0.149. The summed E-state index contributed by atoms with van der Waals surface area (Å²) >= 11 is 0. The zero-order valence-electron chi connectivity index (χ0n) is 13.2. The number of carbonyl (C=O) groups excluding carboxylic acids is 2. The highest BCUT2D eigenvalue weighted by molar-refractivity contribution is 5.87. The minimum atomic E-state index is -0.964. The molecule has 7 heteroatoms. The van der Waals surface area contributed by atoms with Crippen molar-refractivity contribution in [3.63, 3.8) is 0 Å². The molecule has 0 aromatic carbocycles. The molecule has 0 aliphatic carbocycles. The summed E-state index contributed by atoms with van der Waals surface area (Å²) < 4.78 is 0. The number of aliphatic carboxylic acids is 1. The quantitative estimate of drug-likeness (QED) is 0.481. The number of hydrogen-bond acceptors (Lipinski definition) is 4. The molecule has 0 rings (SSSR count). The van der Waals surface area contributed by atoms with E-state index in [0.29, 0.717) is 12.8 Å². The highest BCUT2D eigenvalue weighted by atomic mass is 16.4. The van der Waals surface area contributed by atoms with Gasteiger partial charge in [-0.2, -0.15) is 0 Å². The number of carboxylic acid groups (broad SMARTS) is 1. The van der Waals surface area contributed by atoms with Gasteiger partial charge in [0.1, 0.15) is 0 Å². The monoisotopic (exact) mass is 301 g/mol. The Kier molecular flexibility index (Phi) is 7.94. The molecule has 0 aromatic heterocycles. The normalized spacial score (nSPS) is 12.9. The Morgan fingerprint density at radius 3 is 2.05 bits per heavy atom. The van der Waals surface area contributed by atoms with Crippen LogP contribution < -0.4 is 16.4 Å². The minimum Gasteiger partial charge on any atom is -0.481 e. The van der Waals surface area contributed by atoms with Gasteiger partial charge in [-0.05, 0) is 18.8 Å². The molecule has 0 unspecified atom stereocenters. The lowest BCUT2D eigenvalue weighted by Crippen LogP contribution is -2.49. The molecule has 0 saturated heterocycles. The summed E-state index contributed by atoms with van der Waals surface area (Å²) in [4.78, 5) is 34.6. The fraction of sp³-hybridized carbons (Fsp3) is 0.786. The van der Waals surface area contributed by atoms with E-state index in [1.807, 2.05) is 13.8 Å². The van der Waals surface area contributed by atoms with Crippen LogP contribution in [0.1, 0.15) is 40.5 Å². The maximum Gasteiger partial charge on any atom is 0.311 e. The van der Waals surface area contributed by atoms with Gasteiger partial charge >= 0.3 is 5.97 Å². The maximum absolute atomic E-state index is 11.7. The summed E-state index contributed by atoms with van der Waals surface area (Å²) in [7, 11) is 0. The molecule has 0 aliphatic heterocycles. The lowest BCUT2D eigenvalue weighted by Gasteiger charge is -2.26. The third-order valence-corrected chi connectivity index (χ3v) is 3.88. The van der Waals surface area contributed by atoms with E-state index >= 15 is 0 Å². The number of rotatable bonds is 9. The van der Waals surface area contributed by atoms with Crippen LogP contribution in [0.4, 0.5) is 0 Å². The van der Waals surface area contributed by atoms with Gasteiger partial charge < -0.3 is 21.5 Å². The number of carbonyl (C=O) groups is 3. The zero-order valence-corrected chi connectivity index (χ0v) is 13.2. The van der Waals surface area contributed by atoms with Crippen molar-refractivity contribution in [2.75, 3.05) is 13.1 Å². The minimum absolute atomic E-state index is 0.0205. The smallest absolute Gasteiger partial charge is 0.311 e. The third kappa shape index (κ3) is 5.71. The zero-order chi connectivity index (χ0) is 16.6. The summed E-state index contributed by atoms with van der Waals surface area (Å²) in [5.41, 5.74) is 4.69. The van der Waals surface area contributed by atoms with Crippen molar-refractivity contribution in [2.45, 2.75) is 46.6 Å². The topological polar surface area (TPSA) is 122 Å². The second-order valence-corrected chi connectivity index (χ2v) is 5.56. The van der Waals surface area contributed by atoms with Gasteiger partial charge in [0.05, 0.1) is 18.0 Å². The van der Waals surface area contributed by atoms with Crippen LogP contribution in [-0.4, -0.2) is 42.0 Å². The lowest BCUT2D eigenvalue weighted by atomic mass is 9.82. The van der Waals surface area contributed by atoms with E-state index in [-0.39, 0.29) is 19.0 Å². The van der Waals surface area contributed by atoms with Crippen molar-refractivity contribution in [3.8, 4) is 0 Å². The number of nitrogens with two attached hydrogens (primary N) is 1. The Balaban J connectivity index is 4.33. The van der Waals surface area contributed by atoms with E-state index in [0.717, 1.165) is 0 Å². The van der Waals surface area contributed by atoms with Crippen LogP contribution in [0.2, 0.25) is 0 Å². The first-order chi connectivity index (χ1) is 9.70. The fourth-order valence-electron chi connectivity index (χ4n) is 1.80. The largest absolute Gasteiger partial charge is 0.481 e. The van der Waals surface area contributed by atoms with Gasteiger partial charge in [-0.1, -0.05) is 27.7 Å². The standard InChI is InChI=1S/C14H27N3O4/c1-5-14(6-2,13(20)21)8-17-10(18)7-16-12(19)11(15)9(3)4/h9,11H,5-8,15H2,1-4H3,(H,16,19)(H,17,18)(H,20,21)/t11-/m0/s1. The van der Waals surface area contributed by atoms with Gasteiger partial charge in [-0.3, -0.25) is 14.4 Å². The molecule has 0 heterocycles. The van der Waals surface area contributed by atoms with Gasteiger partial charge in [-0.15, -0.1) is 0 Å². The van der Waals surface area contributed by atoms with Crippen LogP contribution in [-0.2, 0) is 14.4 Å². The van der Waals surface area contributed by atoms with Gasteiger partial charge in [0.15, 0.2) is 0 Å². The molecule has 2 amide bonds. The molecular formula is C14H27N3O4.